The van der Waals surface area contributed by atoms with Gasteiger partial charge in [0.2, 0.25) is 0 Å². The van der Waals surface area contributed by atoms with Crippen LogP contribution in [0.5, 0.6) is 0 Å². The van der Waals surface area contributed by atoms with Crippen LogP contribution in [0.15, 0.2) is 47.7 Å². The molecule has 0 spiro atoms. The van der Waals surface area contributed by atoms with Gasteiger partial charge in [0, 0.05) is 12.7 Å². The summed E-state index contributed by atoms with van der Waals surface area (Å²) < 4.78 is 0. The van der Waals surface area contributed by atoms with Crippen LogP contribution in [0.4, 0.5) is 0 Å². The molecule has 0 unspecified atom stereocenters. The lowest BCUT2D eigenvalue weighted by atomic mass is 10.1. The molecule has 0 aliphatic heterocycles. The van der Waals surface area contributed by atoms with Gasteiger partial charge >= 0.3 is 0 Å². The van der Waals surface area contributed by atoms with Gasteiger partial charge in [-0.3, -0.25) is 0 Å². The van der Waals surface area contributed by atoms with E-state index >= 15 is 0 Å². The summed E-state index contributed by atoms with van der Waals surface area (Å²) in [5.41, 5.74) is 3.81. The average molecular weight is 175 g/mol. The molecule has 70 valence electrons. The lowest BCUT2D eigenvalue weighted by molar-refractivity contribution is 1.01. The molecule has 0 saturated carbocycles. The first-order valence-corrected chi connectivity index (χ1v) is 4.72. The Morgan fingerprint density at radius 1 is 1.54 bits per heavy atom. The van der Waals surface area contributed by atoms with E-state index in [1.54, 1.807) is 0 Å². The Morgan fingerprint density at radius 3 is 2.85 bits per heavy atom. The first kappa shape index (κ1) is 9.85. The fourth-order valence-electron chi connectivity index (χ4n) is 1.40. The number of nitrogens with one attached hydrogen (secondary N) is 1. The van der Waals surface area contributed by atoms with Crippen LogP contribution in [0.1, 0.15) is 19.8 Å². The second-order valence-corrected chi connectivity index (χ2v) is 3.08. The highest BCUT2D eigenvalue weighted by atomic mass is 14.8. The van der Waals surface area contributed by atoms with Gasteiger partial charge < -0.3 is 5.32 Å². The molecule has 1 aliphatic carbocycles. The lowest BCUT2D eigenvalue weighted by Gasteiger charge is -2.04. The quantitative estimate of drug-likeness (QED) is 0.695. The van der Waals surface area contributed by atoms with Crippen LogP contribution in [-0.2, 0) is 0 Å². The fraction of sp³-hybridized carbons (Fsp3) is 0.333. The summed E-state index contributed by atoms with van der Waals surface area (Å²) in [4.78, 5) is 0. The third kappa shape index (κ3) is 2.35. The Bertz CT molecular complexity index is 279. The van der Waals surface area contributed by atoms with E-state index in [4.69, 9.17) is 0 Å². The second kappa shape index (κ2) is 4.70. The SMILES string of the molecule is C=CC1=CCC(CC)=CC=C1NC. The van der Waals surface area contributed by atoms with Crippen molar-refractivity contribution in [2.24, 2.45) is 0 Å². The highest BCUT2D eigenvalue weighted by Gasteiger charge is 2.02. The molecule has 0 saturated heterocycles. The van der Waals surface area contributed by atoms with E-state index in [1.807, 2.05) is 13.1 Å². The van der Waals surface area contributed by atoms with E-state index < -0.39 is 0 Å². The standard InChI is InChI=1S/C12H17N/c1-4-10-6-8-11(5-2)12(13-3)9-7-10/h5,7-9,13H,2,4,6H2,1,3H3. The molecular formula is C12H17N. The van der Waals surface area contributed by atoms with Crippen molar-refractivity contribution < 1.29 is 0 Å². The summed E-state index contributed by atoms with van der Waals surface area (Å²) >= 11 is 0. The Hall–Kier alpha value is -1.24. The van der Waals surface area contributed by atoms with E-state index in [9.17, 15) is 0 Å². The van der Waals surface area contributed by atoms with Gasteiger partial charge in [-0.25, -0.2) is 0 Å². The lowest BCUT2D eigenvalue weighted by Crippen LogP contribution is -2.06. The summed E-state index contributed by atoms with van der Waals surface area (Å²) in [6.07, 6.45) is 10.6. The van der Waals surface area contributed by atoms with Crippen molar-refractivity contribution in [3.63, 3.8) is 0 Å². The second-order valence-electron chi connectivity index (χ2n) is 3.08. The molecule has 1 rings (SSSR count). The number of likely N-dealkylation sites (N-methyl/N-ethyl adjacent to an activating group) is 1. The highest BCUT2D eigenvalue weighted by Crippen LogP contribution is 2.18. The van der Waals surface area contributed by atoms with Gasteiger partial charge in [-0.05, 0) is 24.5 Å². The molecule has 1 aliphatic rings. The van der Waals surface area contributed by atoms with Gasteiger partial charge in [0.25, 0.3) is 0 Å². The normalized spacial score (nSPS) is 16.6. The minimum absolute atomic E-state index is 1.04. The van der Waals surface area contributed by atoms with Crippen molar-refractivity contribution in [2.75, 3.05) is 7.05 Å². The van der Waals surface area contributed by atoms with Crippen LogP contribution in [-0.4, -0.2) is 7.05 Å². The maximum Gasteiger partial charge on any atom is 0.0407 e. The predicted molar refractivity (Wildman–Crippen MR) is 58.4 cm³/mol. The largest absolute Gasteiger partial charge is 0.388 e. The van der Waals surface area contributed by atoms with Crippen molar-refractivity contribution in [3.8, 4) is 0 Å². The topological polar surface area (TPSA) is 12.0 Å². The maximum atomic E-state index is 3.80. The van der Waals surface area contributed by atoms with Gasteiger partial charge in [-0.15, -0.1) is 0 Å². The molecule has 0 atom stereocenters. The molecule has 0 aromatic rings. The molecule has 0 radical (unpaired) electrons. The van der Waals surface area contributed by atoms with Crippen molar-refractivity contribution >= 4 is 0 Å². The number of rotatable bonds is 3. The van der Waals surface area contributed by atoms with Crippen LogP contribution >= 0.6 is 0 Å². The molecule has 0 bridgehead atoms. The molecule has 13 heavy (non-hydrogen) atoms. The Kier molecular flexibility index (Phi) is 3.56. The van der Waals surface area contributed by atoms with Gasteiger partial charge in [0.15, 0.2) is 0 Å². The molecule has 0 fully saturated rings. The monoisotopic (exact) mass is 175 g/mol. The van der Waals surface area contributed by atoms with Crippen molar-refractivity contribution in [3.05, 3.63) is 47.7 Å². The summed E-state index contributed by atoms with van der Waals surface area (Å²) in [6, 6.07) is 0. The summed E-state index contributed by atoms with van der Waals surface area (Å²) in [7, 11) is 1.94. The zero-order valence-electron chi connectivity index (χ0n) is 8.43. The first-order chi connectivity index (χ1) is 6.31. The molecule has 0 heterocycles. The fourth-order valence-corrected chi connectivity index (χ4v) is 1.40. The van der Waals surface area contributed by atoms with E-state index in [-0.39, 0.29) is 0 Å². The third-order valence-electron chi connectivity index (χ3n) is 2.32. The smallest absolute Gasteiger partial charge is 0.0407 e. The maximum absolute atomic E-state index is 3.80. The Labute approximate surface area is 80.5 Å². The molecule has 1 N–H and O–H groups in total. The van der Waals surface area contributed by atoms with Gasteiger partial charge in [0.1, 0.15) is 0 Å². The van der Waals surface area contributed by atoms with Crippen LogP contribution in [0.3, 0.4) is 0 Å². The minimum Gasteiger partial charge on any atom is -0.388 e. The van der Waals surface area contributed by atoms with Crippen molar-refractivity contribution in [2.45, 2.75) is 19.8 Å². The third-order valence-corrected chi connectivity index (χ3v) is 2.32. The molecular weight excluding hydrogens is 158 g/mol. The number of hydrogen-bond donors (Lipinski definition) is 1. The molecule has 1 nitrogen and oxygen atoms in total. The zero-order valence-corrected chi connectivity index (χ0v) is 8.43. The Balaban J connectivity index is 2.94. The van der Waals surface area contributed by atoms with E-state index in [0.29, 0.717) is 0 Å². The van der Waals surface area contributed by atoms with Crippen LogP contribution in [0, 0.1) is 0 Å². The summed E-state index contributed by atoms with van der Waals surface area (Å²) in [6.45, 7) is 5.99. The van der Waals surface area contributed by atoms with Crippen molar-refractivity contribution in [1.82, 2.24) is 5.32 Å². The van der Waals surface area contributed by atoms with Crippen LogP contribution in [0.25, 0.3) is 0 Å². The van der Waals surface area contributed by atoms with E-state index in [0.717, 1.165) is 18.5 Å². The average Bonchev–Trinajstić information content (AvgIpc) is 2.38. The highest BCUT2D eigenvalue weighted by molar-refractivity contribution is 5.42. The predicted octanol–water partition coefficient (Wildman–Crippen LogP) is 2.94. The molecule has 0 aromatic carbocycles. The van der Waals surface area contributed by atoms with Gasteiger partial charge in [0.05, 0.1) is 0 Å². The van der Waals surface area contributed by atoms with E-state index in [1.165, 1.54) is 11.1 Å². The number of allylic oxidation sites excluding steroid dienone is 5. The molecule has 1 heteroatoms. The van der Waals surface area contributed by atoms with E-state index in [2.05, 4.69) is 37.0 Å². The first-order valence-electron chi connectivity index (χ1n) is 4.72. The van der Waals surface area contributed by atoms with Crippen LogP contribution in [0.2, 0.25) is 0 Å². The minimum atomic E-state index is 1.04. The zero-order chi connectivity index (χ0) is 9.68. The summed E-state index contributed by atoms with van der Waals surface area (Å²) in [5, 5.41) is 3.17. The van der Waals surface area contributed by atoms with Gasteiger partial charge in [-0.1, -0.05) is 37.3 Å². The summed E-state index contributed by atoms with van der Waals surface area (Å²) in [5.74, 6) is 0. The van der Waals surface area contributed by atoms with Gasteiger partial charge in [-0.2, -0.15) is 0 Å². The van der Waals surface area contributed by atoms with Crippen LogP contribution < -0.4 is 5.32 Å². The molecule has 0 aromatic heterocycles. The number of hydrogen-bond acceptors (Lipinski definition) is 1. The Morgan fingerprint density at radius 2 is 2.31 bits per heavy atom. The molecule has 0 amide bonds. The van der Waals surface area contributed by atoms with Crippen molar-refractivity contribution in [1.29, 1.82) is 0 Å².